The summed E-state index contributed by atoms with van der Waals surface area (Å²) in [6.45, 7) is 0.319. The molecule has 0 bridgehead atoms. The Labute approximate surface area is 169 Å². The SMILES string of the molecule is O=[C]CCNc1nc(-c2cc(-c3ccon3)n(Cc3ccccc3F)n2)ncc1F. The van der Waals surface area contributed by atoms with Gasteiger partial charge >= 0.3 is 0 Å². The summed E-state index contributed by atoms with van der Waals surface area (Å²) in [5.41, 5.74) is 1.82. The Morgan fingerprint density at radius 1 is 1.13 bits per heavy atom. The fourth-order valence-corrected chi connectivity index (χ4v) is 2.83. The van der Waals surface area contributed by atoms with Gasteiger partial charge in [-0.25, -0.2) is 18.7 Å². The third kappa shape index (κ3) is 4.07. The summed E-state index contributed by atoms with van der Waals surface area (Å²) in [4.78, 5) is 18.5. The fourth-order valence-electron chi connectivity index (χ4n) is 2.83. The van der Waals surface area contributed by atoms with Gasteiger partial charge in [-0.1, -0.05) is 23.4 Å². The highest BCUT2D eigenvalue weighted by atomic mass is 19.1. The van der Waals surface area contributed by atoms with E-state index in [1.54, 1.807) is 41.3 Å². The van der Waals surface area contributed by atoms with Crippen LogP contribution in [0, 0.1) is 11.6 Å². The van der Waals surface area contributed by atoms with Crippen molar-refractivity contribution in [1.82, 2.24) is 24.9 Å². The maximum Gasteiger partial charge on any atom is 0.200 e. The molecule has 151 valence electrons. The number of nitrogens with zero attached hydrogens (tertiary/aromatic N) is 5. The van der Waals surface area contributed by atoms with Gasteiger partial charge in [-0.15, -0.1) is 0 Å². The van der Waals surface area contributed by atoms with Gasteiger partial charge < -0.3 is 9.84 Å². The summed E-state index contributed by atoms with van der Waals surface area (Å²) in [5, 5.41) is 11.1. The van der Waals surface area contributed by atoms with Gasteiger partial charge in [0.2, 0.25) is 0 Å². The van der Waals surface area contributed by atoms with Crippen LogP contribution in [-0.4, -0.2) is 37.7 Å². The van der Waals surface area contributed by atoms with Crippen LogP contribution in [-0.2, 0) is 11.3 Å². The Bertz CT molecular complexity index is 1160. The zero-order valence-electron chi connectivity index (χ0n) is 15.5. The van der Waals surface area contributed by atoms with Gasteiger partial charge in [-0.3, -0.25) is 9.48 Å². The average molecular weight is 409 g/mol. The maximum absolute atomic E-state index is 14.1. The van der Waals surface area contributed by atoms with E-state index in [2.05, 4.69) is 25.5 Å². The Kier molecular flexibility index (Phi) is 5.55. The predicted molar refractivity (Wildman–Crippen MR) is 103 cm³/mol. The fraction of sp³-hybridized carbons (Fsp3) is 0.150. The van der Waals surface area contributed by atoms with E-state index in [0.29, 0.717) is 22.6 Å². The van der Waals surface area contributed by atoms with Crippen molar-refractivity contribution in [1.29, 1.82) is 0 Å². The summed E-state index contributed by atoms with van der Waals surface area (Å²) in [6, 6.07) is 9.67. The van der Waals surface area contributed by atoms with Crippen molar-refractivity contribution in [2.45, 2.75) is 13.0 Å². The van der Waals surface area contributed by atoms with Gasteiger partial charge in [-0.05, 0) is 12.1 Å². The summed E-state index contributed by atoms with van der Waals surface area (Å²) >= 11 is 0. The third-order valence-electron chi connectivity index (χ3n) is 4.25. The van der Waals surface area contributed by atoms with Crippen molar-refractivity contribution in [3.63, 3.8) is 0 Å². The second-order valence-electron chi connectivity index (χ2n) is 6.26. The number of aromatic nitrogens is 5. The second kappa shape index (κ2) is 8.60. The number of nitrogens with one attached hydrogen (secondary N) is 1. The average Bonchev–Trinajstić information content (AvgIpc) is 3.41. The Balaban J connectivity index is 1.72. The third-order valence-corrected chi connectivity index (χ3v) is 4.25. The molecule has 4 rings (SSSR count). The molecule has 0 saturated heterocycles. The Hall–Kier alpha value is -3.95. The molecule has 0 aliphatic heterocycles. The molecule has 0 amide bonds. The molecule has 4 aromatic rings. The number of hydrogen-bond acceptors (Lipinski definition) is 7. The van der Waals surface area contributed by atoms with Crippen molar-refractivity contribution in [2.24, 2.45) is 0 Å². The Morgan fingerprint density at radius 3 is 2.77 bits per heavy atom. The van der Waals surface area contributed by atoms with Crippen molar-refractivity contribution in [3.8, 4) is 22.9 Å². The summed E-state index contributed by atoms with van der Waals surface area (Å²) in [7, 11) is 0. The van der Waals surface area contributed by atoms with Crippen LogP contribution in [0.15, 0.2) is 53.4 Å². The van der Waals surface area contributed by atoms with E-state index < -0.39 is 5.82 Å². The minimum absolute atomic E-state index is 0.0538. The van der Waals surface area contributed by atoms with Crippen LogP contribution in [0.25, 0.3) is 22.9 Å². The van der Waals surface area contributed by atoms with E-state index in [0.717, 1.165) is 6.20 Å². The van der Waals surface area contributed by atoms with Gasteiger partial charge in [-0.2, -0.15) is 5.10 Å². The lowest BCUT2D eigenvalue weighted by atomic mass is 10.2. The summed E-state index contributed by atoms with van der Waals surface area (Å²) in [5.74, 6) is -0.919. The molecule has 0 aliphatic carbocycles. The molecule has 30 heavy (non-hydrogen) atoms. The molecule has 1 aromatic carbocycles. The van der Waals surface area contributed by atoms with E-state index in [-0.39, 0.29) is 37.0 Å². The van der Waals surface area contributed by atoms with Crippen LogP contribution >= 0.6 is 0 Å². The number of benzene rings is 1. The van der Waals surface area contributed by atoms with Crippen molar-refractivity contribution >= 4 is 12.1 Å². The maximum atomic E-state index is 14.1. The van der Waals surface area contributed by atoms with E-state index in [1.807, 2.05) is 0 Å². The van der Waals surface area contributed by atoms with E-state index in [4.69, 9.17) is 4.52 Å². The van der Waals surface area contributed by atoms with Crippen molar-refractivity contribution < 1.29 is 18.1 Å². The molecule has 0 saturated carbocycles. The van der Waals surface area contributed by atoms with Crippen LogP contribution < -0.4 is 5.32 Å². The zero-order valence-corrected chi connectivity index (χ0v) is 15.5. The smallest absolute Gasteiger partial charge is 0.200 e. The summed E-state index contributed by atoms with van der Waals surface area (Å²) < 4.78 is 34.6. The lowest BCUT2D eigenvalue weighted by Gasteiger charge is -2.07. The van der Waals surface area contributed by atoms with E-state index >= 15 is 0 Å². The molecule has 1 radical (unpaired) electrons. The molecule has 10 heteroatoms. The lowest BCUT2D eigenvalue weighted by molar-refractivity contribution is 0.421. The zero-order chi connectivity index (χ0) is 20.9. The van der Waals surface area contributed by atoms with Crippen LogP contribution in [0.4, 0.5) is 14.6 Å². The largest absolute Gasteiger partial charge is 0.367 e. The lowest BCUT2D eigenvalue weighted by Crippen LogP contribution is -2.08. The topological polar surface area (TPSA) is 98.7 Å². The van der Waals surface area contributed by atoms with Gasteiger partial charge in [0.25, 0.3) is 0 Å². The number of hydrogen-bond donors (Lipinski definition) is 1. The van der Waals surface area contributed by atoms with Crippen LogP contribution in [0.2, 0.25) is 0 Å². The standard InChI is InChI=1S/C20H15F2N6O2/c21-14-5-2-1-4-13(14)12-28-18(16-6-9-30-27-16)10-17(26-28)20-24-11-15(22)19(25-20)23-7-3-8-29/h1-2,4-6,9-11H,3,7,12H2,(H,23,24,25). The monoisotopic (exact) mass is 409 g/mol. The molecule has 0 spiro atoms. The van der Waals surface area contributed by atoms with Crippen LogP contribution in [0.1, 0.15) is 12.0 Å². The first-order valence-electron chi connectivity index (χ1n) is 8.99. The molecule has 8 nitrogen and oxygen atoms in total. The van der Waals surface area contributed by atoms with Gasteiger partial charge in [0.1, 0.15) is 23.5 Å². The molecule has 0 aliphatic rings. The first-order valence-corrected chi connectivity index (χ1v) is 8.99. The minimum atomic E-state index is -0.660. The molecular weight excluding hydrogens is 394 g/mol. The molecule has 0 atom stereocenters. The van der Waals surface area contributed by atoms with Gasteiger partial charge in [0.05, 0.1) is 18.4 Å². The minimum Gasteiger partial charge on any atom is -0.367 e. The highest BCUT2D eigenvalue weighted by Crippen LogP contribution is 2.25. The number of anilines is 1. The van der Waals surface area contributed by atoms with Crippen molar-refractivity contribution in [2.75, 3.05) is 11.9 Å². The molecule has 3 aromatic heterocycles. The Morgan fingerprint density at radius 2 is 2.00 bits per heavy atom. The van der Waals surface area contributed by atoms with Gasteiger partial charge in [0, 0.05) is 24.6 Å². The summed E-state index contributed by atoms with van der Waals surface area (Å²) in [6.07, 6.45) is 4.23. The number of carbonyl (C=O) groups excluding carboxylic acids is 1. The first kappa shape index (κ1) is 19.4. The quantitative estimate of drug-likeness (QED) is 0.446. The number of rotatable bonds is 8. The van der Waals surface area contributed by atoms with Crippen LogP contribution in [0.5, 0.6) is 0 Å². The second-order valence-corrected chi connectivity index (χ2v) is 6.26. The highest BCUT2D eigenvalue weighted by molar-refractivity contribution is 5.63. The van der Waals surface area contributed by atoms with Gasteiger partial charge in [0.15, 0.2) is 23.7 Å². The van der Waals surface area contributed by atoms with E-state index in [1.165, 1.54) is 12.3 Å². The predicted octanol–water partition coefficient (Wildman–Crippen LogP) is 3.23. The molecule has 3 heterocycles. The first-order chi connectivity index (χ1) is 14.7. The number of halogens is 2. The normalized spacial score (nSPS) is 10.9. The molecular formula is C20H15F2N6O2. The molecule has 0 unspecified atom stereocenters. The highest BCUT2D eigenvalue weighted by Gasteiger charge is 2.18. The van der Waals surface area contributed by atoms with Crippen LogP contribution in [0.3, 0.4) is 0 Å². The van der Waals surface area contributed by atoms with E-state index in [9.17, 15) is 13.6 Å². The molecule has 0 fully saturated rings. The molecule has 1 N–H and O–H groups in total. The van der Waals surface area contributed by atoms with Crippen molar-refractivity contribution in [3.05, 3.63) is 66.1 Å².